The lowest BCUT2D eigenvalue weighted by Crippen LogP contribution is -2.44. The Morgan fingerprint density at radius 1 is 1.21 bits per heavy atom. The Kier molecular flexibility index (Phi) is 6.99. The summed E-state index contributed by atoms with van der Waals surface area (Å²) < 4.78 is 1.60. The molecule has 154 valence electrons. The number of nitrogens with one attached hydrogen (secondary N) is 2. The van der Waals surface area contributed by atoms with Crippen LogP contribution >= 0.6 is 0 Å². The number of aryl methyl sites for hydroxylation is 1. The summed E-state index contributed by atoms with van der Waals surface area (Å²) in [5, 5.41) is 5.59. The first-order valence-electron chi connectivity index (χ1n) is 9.93. The van der Waals surface area contributed by atoms with Gasteiger partial charge in [0.2, 0.25) is 11.8 Å². The van der Waals surface area contributed by atoms with Gasteiger partial charge >= 0.3 is 0 Å². The fraction of sp³-hybridized carbons (Fsp3) is 0.429. The maximum Gasteiger partial charge on any atom is 0.287 e. The predicted molar refractivity (Wildman–Crippen MR) is 108 cm³/mol. The molecule has 3 rings (SSSR count). The molecule has 1 atom stereocenters. The molecule has 3 amide bonds. The molecule has 8 heteroatoms. The van der Waals surface area contributed by atoms with Crippen LogP contribution < -0.4 is 10.6 Å². The highest BCUT2D eigenvalue weighted by atomic mass is 16.2. The summed E-state index contributed by atoms with van der Waals surface area (Å²) in [7, 11) is 1.72. The van der Waals surface area contributed by atoms with Crippen molar-refractivity contribution in [3.63, 3.8) is 0 Å². The molecule has 8 nitrogen and oxygen atoms in total. The molecule has 0 radical (unpaired) electrons. The summed E-state index contributed by atoms with van der Waals surface area (Å²) in [5.74, 6) is -0.441. The molecule has 1 saturated heterocycles. The summed E-state index contributed by atoms with van der Waals surface area (Å²) >= 11 is 0. The first-order chi connectivity index (χ1) is 14.1. The Balaban J connectivity index is 1.76. The molecule has 1 aromatic heterocycles. The lowest BCUT2D eigenvalue weighted by atomic mass is 10.00. The van der Waals surface area contributed by atoms with Gasteiger partial charge in [0.05, 0.1) is 19.0 Å². The number of hydrogen-bond donors (Lipinski definition) is 2. The maximum absolute atomic E-state index is 13.1. The molecule has 2 aromatic rings. The molecule has 0 saturated carbocycles. The van der Waals surface area contributed by atoms with Gasteiger partial charge in [-0.2, -0.15) is 0 Å². The third-order valence-electron chi connectivity index (χ3n) is 5.08. The van der Waals surface area contributed by atoms with Crippen LogP contribution in [-0.4, -0.2) is 51.8 Å². The van der Waals surface area contributed by atoms with Crippen LogP contribution in [0.3, 0.4) is 0 Å². The molecule has 2 heterocycles. The number of aromatic nitrogens is 2. The van der Waals surface area contributed by atoms with Crippen molar-refractivity contribution >= 4 is 17.7 Å². The SMILES string of the molecule is Cn1ccnc1C(=O)NCC(=O)N1CCCCCNC(=O)CC1c1ccccc1. The highest BCUT2D eigenvalue weighted by molar-refractivity contribution is 5.93. The van der Waals surface area contributed by atoms with E-state index in [4.69, 9.17) is 0 Å². The normalized spacial score (nSPS) is 18.0. The topological polar surface area (TPSA) is 96.3 Å². The van der Waals surface area contributed by atoms with Crippen molar-refractivity contribution in [2.24, 2.45) is 7.05 Å². The monoisotopic (exact) mass is 397 g/mol. The summed E-state index contributed by atoms with van der Waals surface area (Å²) in [6.45, 7) is 1.06. The third-order valence-corrected chi connectivity index (χ3v) is 5.08. The van der Waals surface area contributed by atoms with Crippen LogP contribution in [0.2, 0.25) is 0 Å². The number of imidazole rings is 1. The summed E-state index contributed by atoms with van der Waals surface area (Å²) in [4.78, 5) is 43.5. The number of hydrogen-bond acceptors (Lipinski definition) is 4. The Morgan fingerprint density at radius 3 is 2.72 bits per heavy atom. The molecule has 1 aliphatic heterocycles. The van der Waals surface area contributed by atoms with Gasteiger partial charge in [0.1, 0.15) is 0 Å². The minimum absolute atomic E-state index is 0.0735. The molecule has 0 bridgehead atoms. The van der Waals surface area contributed by atoms with Gasteiger partial charge in [0.15, 0.2) is 5.82 Å². The lowest BCUT2D eigenvalue weighted by Gasteiger charge is -2.33. The Labute approximate surface area is 170 Å². The van der Waals surface area contributed by atoms with Gasteiger partial charge in [0, 0.05) is 32.5 Å². The van der Waals surface area contributed by atoms with E-state index >= 15 is 0 Å². The zero-order chi connectivity index (χ0) is 20.6. The zero-order valence-electron chi connectivity index (χ0n) is 16.6. The standard InChI is InChI=1S/C21H27N5O3/c1-25-13-11-23-20(25)21(29)24-15-19(28)26-12-7-3-6-10-22-18(27)14-17(26)16-8-4-2-5-9-16/h2,4-5,8-9,11,13,17H,3,6-7,10,12,14-15H2,1H3,(H,22,27)(H,24,29). The molecule has 29 heavy (non-hydrogen) atoms. The van der Waals surface area contributed by atoms with E-state index in [2.05, 4.69) is 15.6 Å². The highest BCUT2D eigenvalue weighted by Gasteiger charge is 2.28. The number of amides is 3. The number of benzene rings is 1. The molecule has 1 unspecified atom stereocenters. The third kappa shape index (κ3) is 5.43. The van der Waals surface area contributed by atoms with Crippen LogP contribution in [0.15, 0.2) is 42.7 Å². The first-order valence-corrected chi connectivity index (χ1v) is 9.93. The van der Waals surface area contributed by atoms with E-state index in [1.807, 2.05) is 30.3 Å². The van der Waals surface area contributed by atoms with Crippen molar-refractivity contribution < 1.29 is 14.4 Å². The maximum atomic E-state index is 13.1. The van der Waals surface area contributed by atoms with Gasteiger partial charge in [-0.3, -0.25) is 14.4 Å². The summed E-state index contributed by atoms with van der Waals surface area (Å²) in [5.41, 5.74) is 0.909. The van der Waals surface area contributed by atoms with Gasteiger partial charge in [-0.15, -0.1) is 0 Å². The van der Waals surface area contributed by atoms with Crippen LogP contribution in [0.1, 0.15) is 47.9 Å². The van der Waals surface area contributed by atoms with Crippen molar-refractivity contribution in [2.45, 2.75) is 31.7 Å². The average molecular weight is 397 g/mol. The van der Waals surface area contributed by atoms with Crippen molar-refractivity contribution in [3.05, 3.63) is 54.1 Å². The van der Waals surface area contributed by atoms with E-state index in [9.17, 15) is 14.4 Å². The molecule has 1 aromatic carbocycles. The van der Waals surface area contributed by atoms with Crippen LogP contribution in [0, 0.1) is 0 Å². The van der Waals surface area contributed by atoms with Crippen LogP contribution in [0.5, 0.6) is 0 Å². The number of carbonyl (C=O) groups excluding carboxylic acids is 3. The highest BCUT2D eigenvalue weighted by Crippen LogP contribution is 2.25. The molecule has 1 aliphatic rings. The first kappa shape index (κ1) is 20.6. The van der Waals surface area contributed by atoms with E-state index in [0.717, 1.165) is 24.8 Å². The van der Waals surface area contributed by atoms with Crippen molar-refractivity contribution in [1.82, 2.24) is 25.1 Å². The van der Waals surface area contributed by atoms with Crippen molar-refractivity contribution in [3.8, 4) is 0 Å². The van der Waals surface area contributed by atoms with Gasteiger partial charge in [-0.1, -0.05) is 30.3 Å². The minimum Gasteiger partial charge on any atom is -0.356 e. The molecule has 2 N–H and O–H groups in total. The Morgan fingerprint density at radius 2 is 2.00 bits per heavy atom. The van der Waals surface area contributed by atoms with Crippen LogP contribution in [0.25, 0.3) is 0 Å². The van der Waals surface area contributed by atoms with E-state index in [1.54, 1.807) is 22.7 Å². The van der Waals surface area contributed by atoms with Gasteiger partial charge < -0.3 is 20.1 Å². The fourth-order valence-corrected chi connectivity index (χ4v) is 3.52. The molecular formula is C21H27N5O3. The Hall–Kier alpha value is -3.16. The molecule has 0 aliphatic carbocycles. The zero-order valence-corrected chi connectivity index (χ0v) is 16.6. The summed E-state index contributed by atoms with van der Waals surface area (Å²) in [6.07, 6.45) is 6.06. The van der Waals surface area contributed by atoms with Gasteiger partial charge in [0.25, 0.3) is 5.91 Å². The number of nitrogens with zero attached hydrogens (tertiary/aromatic N) is 3. The second-order valence-corrected chi connectivity index (χ2v) is 7.17. The largest absolute Gasteiger partial charge is 0.356 e. The lowest BCUT2D eigenvalue weighted by molar-refractivity contribution is -0.134. The van der Waals surface area contributed by atoms with Crippen LogP contribution in [0.4, 0.5) is 0 Å². The van der Waals surface area contributed by atoms with E-state index < -0.39 is 5.91 Å². The van der Waals surface area contributed by atoms with E-state index in [-0.39, 0.29) is 36.6 Å². The number of rotatable bonds is 4. The molecule has 1 fully saturated rings. The van der Waals surface area contributed by atoms with Crippen molar-refractivity contribution in [2.75, 3.05) is 19.6 Å². The average Bonchev–Trinajstić information content (AvgIpc) is 3.16. The quantitative estimate of drug-likeness (QED) is 0.815. The molecule has 0 spiro atoms. The van der Waals surface area contributed by atoms with Gasteiger partial charge in [-0.05, 0) is 24.8 Å². The van der Waals surface area contributed by atoms with E-state index in [0.29, 0.717) is 13.1 Å². The van der Waals surface area contributed by atoms with Crippen LogP contribution in [-0.2, 0) is 16.6 Å². The van der Waals surface area contributed by atoms with Gasteiger partial charge in [-0.25, -0.2) is 4.98 Å². The van der Waals surface area contributed by atoms with E-state index in [1.165, 1.54) is 6.20 Å². The number of carbonyl (C=O) groups is 3. The van der Waals surface area contributed by atoms with Crippen molar-refractivity contribution in [1.29, 1.82) is 0 Å². The molecular weight excluding hydrogens is 370 g/mol. The minimum atomic E-state index is -0.402. The smallest absolute Gasteiger partial charge is 0.287 e. The predicted octanol–water partition coefficient (Wildman–Crippen LogP) is 1.41. The Bertz CT molecular complexity index is 849. The second kappa shape index (κ2) is 9.86. The second-order valence-electron chi connectivity index (χ2n) is 7.17. The summed E-state index contributed by atoms with van der Waals surface area (Å²) in [6, 6.07) is 9.19. The fourth-order valence-electron chi connectivity index (χ4n) is 3.52.